The summed E-state index contributed by atoms with van der Waals surface area (Å²) in [5.41, 5.74) is 0.205. The highest BCUT2D eigenvalue weighted by Gasteiger charge is 2.32. The molecule has 7 heteroatoms. The number of nitrogens with one attached hydrogen (secondary N) is 1. The Morgan fingerprint density at radius 1 is 1.04 bits per heavy atom. The maximum absolute atomic E-state index is 12.9. The van der Waals surface area contributed by atoms with Crippen molar-refractivity contribution in [3.05, 3.63) is 59.2 Å². The van der Waals surface area contributed by atoms with Crippen LogP contribution < -0.4 is 14.8 Å². The number of methoxy groups -OCH3 is 2. The van der Waals surface area contributed by atoms with Gasteiger partial charge in [0.25, 0.3) is 0 Å². The lowest BCUT2D eigenvalue weighted by atomic mass is 10.0. The molecule has 2 aromatic carbocycles. The van der Waals surface area contributed by atoms with Crippen molar-refractivity contribution in [2.75, 3.05) is 20.8 Å². The van der Waals surface area contributed by atoms with Crippen molar-refractivity contribution in [3.63, 3.8) is 0 Å². The molecule has 0 saturated carbocycles. The first kappa shape index (κ1) is 19.6. The Kier molecular flexibility index (Phi) is 6.49. The van der Waals surface area contributed by atoms with Crippen LogP contribution in [0.5, 0.6) is 11.5 Å². The lowest BCUT2D eigenvalue weighted by Crippen LogP contribution is -2.27. The highest BCUT2D eigenvalue weighted by atomic mass is 19.4. The summed E-state index contributed by atoms with van der Waals surface area (Å²) in [6.45, 7) is 0.124. The second-order valence-corrected chi connectivity index (χ2v) is 5.62. The number of ether oxygens (including phenoxy) is 2. The summed E-state index contributed by atoms with van der Waals surface area (Å²) in [6, 6.07) is 10.5. The van der Waals surface area contributed by atoms with E-state index in [1.165, 1.54) is 26.4 Å². The van der Waals surface area contributed by atoms with Crippen LogP contribution in [0.25, 0.3) is 0 Å². The highest BCUT2D eigenvalue weighted by Crippen LogP contribution is 2.32. The molecule has 0 radical (unpaired) electrons. The number of hydrogen-bond donors (Lipinski definition) is 1. The van der Waals surface area contributed by atoms with Crippen molar-refractivity contribution in [2.24, 2.45) is 0 Å². The van der Waals surface area contributed by atoms with E-state index in [0.717, 1.165) is 11.6 Å². The van der Waals surface area contributed by atoms with Gasteiger partial charge in [-0.2, -0.15) is 13.2 Å². The van der Waals surface area contributed by atoms with E-state index in [4.69, 9.17) is 9.47 Å². The molecule has 0 aliphatic heterocycles. The van der Waals surface area contributed by atoms with Crippen LogP contribution in [-0.2, 0) is 23.8 Å². The number of alkyl halides is 3. The van der Waals surface area contributed by atoms with Crippen LogP contribution in [0.3, 0.4) is 0 Å². The minimum absolute atomic E-state index is 0.0985. The normalized spacial score (nSPS) is 11.1. The monoisotopic (exact) mass is 367 g/mol. The minimum Gasteiger partial charge on any atom is -0.493 e. The molecule has 0 unspecified atom stereocenters. The largest absolute Gasteiger partial charge is 0.493 e. The van der Waals surface area contributed by atoms with Crippen LogP contribution in [0.2, 0.25) is 0 Å². The quantitative estimate of drug-likeness (QED) is 0.813. The molecule has 140 valence electrons. The summed E-state index contributed by atoms with van der Waals surface area (Å²) >= 11 is 0. The van der Waals surface area contributed by atoms with Crippen LogP contribution in [0, 0.1) is 0 Å². The van der Waals surface area contributed by atoms with E-state index in [-0.39, 0.29) is 30.9 Å². The molecule has 0 atom stereocenters. The van der Waals surface area contributed by atoms with Gasteiger partial charge in [0, 0.05) is 6.54 Å². The fourth-order valence-corrected chi connectivity index (χ4v) is 2.59. The molecule has 2 aromatic rings. The molecule has 0 aliphatic carbocycles. The summed E-state index contributed by atoms with van der Waals surface area (Å²) in [6.07, 6.45) is -4.20. The summed E-state index contributed by atoms with van der Waals surface area (Å²) in [4.78, 5) is 12.0. The van der Waals surface area contributed by atoms with E-state index >= 15 is 0 Å². The van der Waals surface area contributed by atoms with E-state index < -0.39 is 11.7 Å². The average Bonchev–Trinajstić information content (AvgIpc) is 2.61. The third-order valence-corrected chi connectivity index (χ3v) is 3.85. The van der Waals surface area contributed by atoms with Gasteiger partial charge in [-0.15, -0.1) is 0 Å². The fraction of sp³-hybridized carbons (Fsp3) is 0.316. The molecule has 26 heavy (non-hydrogen) atoms. The van der Waals surface area contributed by atoms with Gasteiger partial charge in [0.15, 0.2) is 11.5 Å². The molecule has 0 heterocycles. The van der Waals surface area contributed by atoms with Gasteiger partial charge in [-0.1, -0.05) is 24.3 Å². The Labute approximate surface area is 149 Å². The fourth-order valence-electron chi connectivity index (χ4n) is 2.59. The molecule has 0 bridgehead atoms. The minimum atomic E-state index is -4.40. The number of hydrogen-bond acceptors (Lipinski definition) is 3. The van der Waals surface area contributed by atoms with Gasteiger partial charge in [0.05, 0.1) is 26.2 Å². The molecular formula is C19H20F3NO3. The number of carbonyl (C=O) groups excluding carboxylic acids is 1. The second kappa shape index (κ2) is 8.60. The van der Waals surface area contributed by atoms with E-state index in [9.17, 15) is 18.0 Å². The van der Waals surface area contributed by atoms with Crippen LogP contribution >= 0.6 is 0 Å². The van der Waals surface area contributed by atoms with Gasteiger partial charge in [-0.25, -0.2) is 0 Å². The second-order valence-electron chi connectivity index (χ2n) is 5.62. The zero-order valence-electron chi connectivity index (χ0n) is 14.5. The van der Waals surface area contributed by atoms with Crippen molar-refractivity contribution in [1.29, 1.82) is 0 Å². The Balaban J connectivity index is 1.92. The average molecular weight is 367 g/mol. The van der Waals surface area contributed by atoms with E-state index in [2.05, 4.69) is 5.32 Å². The Morgan fingerprint density at radius 2 is 1.73 bits per heavy atom. The van der Waals surface area contributed by atoms with Crippen LogP contribution in [0.4, 0.5) is 13.2 Å². The van der Waals surface area contributed by atoms with Crippen LogP contribution in [0.15, 0.2) is 42.5 Å². The van der Waals surface area contributed by atoms with Gasteiger partial charge in [0.2, 0.25) is 5.91 Å². The molecule has 4 nitrogen and oxygen atoms in total. The standard InChI is InChI=1S/C19H20F3NO3/c1-25-16-8-7-13(11-17(16)26-2)12-18(24)23-10-9-14-5-3-4-6-15(14)19(20,21)22/h3-8,11H,9-10,12H2,1-2H3,(H,23,24). The van der Waals surface area contributed by atoms with E-state index in [1.54, 1.807) is 24.3 Å². The van der Waals surface area contributed by atoms with Crippen molar-refractivity contribution >= 4 is 5.91 Å². The zero-order chi connectivity index (χ0) is 19.2. The molecule has 0 aliphatic rings. The summed E-state index contributed by atoms with van der Waals surface area (Å²) in [5.74, 6) is 0.791. The smallest absolute Gasteiger partial charge is 0.416 e. The van der Waals surface area contributed by atoms with Crippen LogP contribution in [-0.4, -0.2) is 26.7 Å². The maximum Gasteiger partial charge on any atom is 0.416 e. The molecule has 0 aromatic heterocycles. The van der Waals surface area contributed by atoms with Crippen molar-refractivity contribution in [2.45, 2.75) is 19.0 Å². The molecule has 1 N–H and O–H groups in total. The van der Waals surface area contributed by atoms with Crippen molar-refractivity contribution in [3.8, 4) is 11.5 Å². The highest BCUT2D eigenvalue weighted by molar-refractivity contribution is 5.78. The summed E-state index contributed by atoms with van der Waals surface area (Å²) < 4.78 is 49.1. The van der Waals surface area contributed by atoms with Crippen molar-refractivity contribution < 1.29 is 27.4 Å². The molecule has 1 amide bonds. The molecule has 0 spiro atoms. The third-order valence-electron chi connectivity index (χ3n) is 3.85. The summed E-state index contributed by atoms with van der Waals surface area (Å²) in [5, 5.41) is 2.65. The molecule has 2 rings (SSSR count). The first-order valence-electron chi connectivity index (χ1n) is 7.98. The molecule has 0 fully saturated rings. The van der Waals surface area contributed by atoms with E-state index in [0.29, 0.717) is 11.5 Å². The Bertz CT molecular complexity index is 760. The molecular weight excluding hydrogens is 347 g/mol. The molecule has 0 saturated heterocycles. The predicted molar refractivity (Wildman–Crippen MR) is 91.4 cm³/mol. The Hall–Kier alpha value is -2.70. The number of benzene rings is 2. The zero-order valence-corrected chi connectivity index (χ0v) is 14.5. The predicted octanol–water partition coefficient (Wildman–Crippen LogP) is 3.62. The maximum atomic E-state index is 12.9. The topological polar surface area (TPSA) is 47.6 Å². The summed E-state index contributed by atoms with van der Waals surface area (Å²) in [7, 11) is 3.02. The number of carbonyl (C=O) groups is 1. The first-order valence-corrected chi connectivity index (χ1v) is 7.98. The lowest BCUT2D eigenvalue weighted by molar-refractivity contribution is -0.138. The van der Waals surface area contributed by atoms with Gasteiger partial charge in [0.1, 0.15) is 0 Å². The SMILES string of the molecule is COc1ccc(CC(=O)NCCc2ccccc2C(F)(F)F)cc1OC. The van der Waals surface area contributed by atoms with Gasteiger partial charge in [-0.05, 0) is 35.7 Å². The van der Waals surface area contributed by atoms with E-state index in [1.807, 2.05) is 0 Å². The van der Waals surface area contributed by atoms with Gasteiger partial charge >= 0.3 is 6.18 Å². The lowest BCUT2D eigenvalue weighted by Gasteiger charge is -2.13. The van der Waals surface area contributed by atoms with Crippen LogP contribution in [0.1, 0.15) is 16.7 Å². The van der Waals surface area contributed by atoms with Crippen molar-refractivity contribution in [1.82, 2.24) is 5.32 Å². The Morgan fingerprint density at radius 3 is 2.38 bits per heavy atom. The number of amides is 1. The van der Waals surface area contributed by atoms with Gasteiger partial charge < -0.3 is 14.8 Å². The number of rotatable bonds is 7. The number of halogens is 3. The third kappa shape index (κ3) is 5.15. The van der Waals surface area contributed by atoms with Gasteiger partial charge in [-0.3, -0.25) is 4.79 Å². The first-order chi connectivity index (χ1) is 12.3.